The maximum Gasteiger partial charge on any atom is 0.178 e. The smallest absolute Gasteiger partial charge is 0.178 e. The molecule has 1 aliphatic rings. The van der Waals surface area contributed by atoms with Crippen molar-refractivity contribution in [3.8, 4) is 17.1 Å². The summed E-state index contributed by atoms with van der Waals surface area (Å²) < 4.78 is 5.54. The number of H-pyrrole nitrogens is 1. The van der Waals surface area contributed by atoms with Crippen LogP contribution in [-0.4, -0.2) is 22.1 Å². The first-order chi connectivity index (χ1) is 9.85. The fraction of sp³-hybridized carbons (Fsp3) is 0.250. The number of rotatable bonds is 2. The lowest BCUT2D eigenvalue weighted by atomic mass is 10.0. The molecule has 4 heteroatoms. The summed E-state index contributed by atoms with van der Waals surface area (Å²) in [5.41, 5.74) is 5.52. The molecule has 0 saturated heterocycles. The van der Waals surface area contributed by atoms with Crippen LogP contribution < -0.4 is 4.74 Å². The molecule has 2 aromatic heterocycles. The summed E-state index contributed by atoms with van der Waals surface area (Å²) in [4.78, 5) is 12.2. The fourth-order valence-corrected chi connectivity index (χ4v) is 2.93. The average Bonchev–Trinajstić information content (AvgIpc) is 3.11. The van der Waals surface area contributed by atoms with Crippen molar-refractivity contribution in [2.75, 3.05) is 7.11 Å². The first-order valence-electron chi connectivity index (χ1n) is 6.86. The molecule has 4 rings (SSSR count). The molecule has 0 fully saturated rings. The lowest BCUT2D eigenvalue weighted by molar-refractivity contribution is 0.415. The Labute approximate surface area is 116 Å². The summed E-state index contributed by atoms with van der Waals surface area (Å²) in [6.07, 6.45) is 5.27. The van der Waals surface area contributed by atoms with E-state index >= 15 is 0 Å². The van der Waals surface area contributed by atoms with Crippen molar-refractivity contribution in [1.29, 1.82) is 0 Å². The normalized spacial score (nSPS) is 13.7. The maximum atomic E-state index is 5.54. The van der Waals surface area contributed by atoms with E-state index in [0.29, 0.717) is 0 Å². The number of ether oxygens (including phenoxy) is 1. The predicted molar refractivity (Wildman–Crippen MR) is 77.9 cm³/mol. The Morgan fingerprint density at radius 1 is 1.20 bits per heavy atom. The Hall–Kier alpha value is -2.36. The van der Waals surface area contributed by atoms with Crippen LogP contribution in [0.4, 0.5) is 0 Å². The van der Waals surface area contributed by atoms with E-state index in [1.807, 2.05) is 12.1 Å². The van der Waals surface area contributed by atoms with Crippen LogP contribution in [0.15, 0.2) is 30.5 Å². The van der Waals surface area contributed by atoms with Crippen LogP contribution in [0.3, 0.4) is 0 Å². The van der Waals surface area contributed by atoms with Gasteiger partial charge in [-0.15, -0.1) is 0 Å². The third-order valence-corrected chi connectivity index (χ3v) is 3.93. The fourth-order valence-electron chi connectivity index (χ4n) is 2.93. The lowest BCUT2D eigenvalue weighted by Gasteiger charge is -2.09. The Morgan fingerprint density at radius 3 is 2.85 bits per heavy atom. The summed E-state index contributed by atoms with van der Waals surface area (Å²) in [7, 11) is 1.71. The highest BCUT2D eigenvalue weighted by atomic mass is 16.5. The molecule has 0 unspecified atom stereocenters. The number of methoxy groups -OCH3 is 1. The quantitative estimate of drug-likeness (QED) is 0.774. The molecule has 100 valence electrons. The number of nitrogens with one attached hydrogen (secondary N) is 1. The minimum absolute atomic E-state index is 0.741. The molecule has 0 amide bonds. The number of hydrogen-bond donors (Lipinski definition) is 1. The highest BCUT2D eigenvalue weighted by Gasteiger charge is 2.18. The van der Waals surface area contributed by atoms with E-state index in [2.05, 4.69) is 27.1 Å². The SMILES string of the molecule is COc1cc2c(cc1-c1nc3ncccc3[nH]1)CCC2. The molecule has 0 spiro atoms. The van der Waals surface area contributed by atoms with Gasteiger partial charge in [-0.1, -0.05) is 0 Å². The molecule has 1 aliphatic carbocycles. The Balaban J connectivity index is 1.92. The summed E-state index contributed by atoms with van der Waals surface area (Å²) in [6, 6.07) is 8.25. The molecule has 2 heterocycles. The number of aromatic nitrogens is 3. The molecule has 1 aromatic carbocycles. The van der Waals surface area contributed by atoms with Gasteiger partial charge in [-0.05, 0) is 54.7 Å². The molecule has 0 radical (unpaired) electrons. The molecule has 20 heavy (non-hydrogen) atoms. The topological polar surface area (TPSA) is 50.8 Å². The third kappa shape index (κ3) is 1.68. The largest absolute Gasteiger partial charge is 0.496 e. The second kappa shape index (κ2) is 4.34. The second-order valence-corrected chi connectivity index (χ2v) is 5.13. The van der Waals surface area contributed by atoms with Crippen molar-refractivity contribution in [1.82, 2.24) is 15.0 Å². The van der Waals surface area contributed by atoms with E-state index in [-0.39, 0.29) is 0 Å². The summed E-state index contributed by atoms with van der Waals surface area (Å²) in [6.45, 7) is 0. The van der Waals surface area contributed by atoms with Gasteiger partial charge in [0.25, 0.3) is 0 Å². The molecule has 1 N–H and O–H groups in total. The van der Waals surface area contributed by atoms with Gasteiger partial charge in [0, 0.05) is 6.20 Å². The van der Waals surface area contributed by atoms with Gasteiger partial charge < -0.3 is 9.72 Å². The molecule has 3 aromatic rings. The maximum absolute atomic E-state index is 5.54. The second-order valence-electron chi connectivity index (χ2n) is 5.13. The van der Waals surface area contributed by atoms with Crippen LogP contribution >= 0.6 is 0 Å². The molecular weight excluding hydrogens is 250 g/mol. The van der Waals surface area contributed by atoms with Crippen molar-refractivity contribution in [2.45, 2.75) is 19.3 Å². The van der Waals surface area contributed by atoms with Crippen LogP contribution in [0.2, 0.25) is 0 Å². The molecule has 0 atom stereocenters. The van der Waals surface area contributed by atoms with Crippen molar-refractivity contribution in [3.63, 3.8) is 0 Å². The summed E-state index contributed by atoms with van der Waals surface area (Å²) in [5.74, 6) is 1.70. The van der Waals surface area contributed by atoms with Crippen molar-refractivity contribution < 1.29 is 4.74 Å². The Bertz CT molecular complexity index is 759. The molecule has 0 aliphatic heterocycles. The van der Waals surface area contributed by atoms with Gasteiger partial charge in [0.05, 0.1) is 18.2 Å². The Morgan fingerprint density at radius 2 is 2.05 bits per heavy atom. The summed E-state index contributed by atoms with van der Waals surface area (Å²) >= 11 is 0. The van der Waals surface area contributed by atoms with E-state index in [1.165, 1.54) is 17.5 Å². The van der Waals surface area contributed by atoms with Crippen LogP contribution in [-0.2, 0) is 12.8 Å². The lowest BCUT2D eigenvalue weighted by Crippen LogP contribution is -1.93. The van der Waals surface area contributed by atoms with Gasteiger partial charge in [-0.3, -0.25) is 0 Å². The zero-order valence-electron chi connectivity index (χ0n) is 11.3. The minimum atomic E-state index is 0.741. The number of nitrogens with zero attached hydrogens (tertiary/aromatic N) is 2. The van der Waals surface area contributed by atoms with E-state index < -0.39 is 0 Å². The van der Waals surface area contributed by atoms with Crippen LogP contribution in [0.1, 0.15) is 17.5 Å². The van der Waals surface area contributed by atoms with E-state index in [0.717, 1.165) is 41.1 Å². The third-order valence-electron chi connectivity index (χ3n) is 3.93. The predicted octanol–water partition coefficient (Wildman–Crippen LogP) is 3.12. The van der Waals surface area contributed by atoms with Crippen LogP contribution in [0, 0.1) is 0 Å². The van der Waals surface area contributed by atoms with Crippen molar-refractivity contribution in [3.05, 3.63) is 41.6 Å². The van der Waals surface area contributed by atoms with Crippen molar-refractivity contribution in [2.24, 2.45) is 0 Å². The van der Waals surface area contributed by atoms with Crippen LogP contribution in [0.25, 0.3) is 22.6 Å². The first kappa shape index (κ1) is 11.5. The average molecular weight is 265 g/mol. The number of aromatic amines is 1. The van der Waals surface area contributed by atoms with E-state index in [1.54, 1.807) is 13.3 Å². The van der Waals surface area contributed by atoms with E-state index in [9.17, 15) is 0 Å². The van der Waals surface area contributed by atoms with E-state index in [4.69, 9.17) is 4.74 Å². The van der Waals surface area contributed by atoms with Gasteiger partial charge >= 0.3 is 0 Å². The zero-order valence-corrected chi connectivity index (χ0v) is 11.3. The zero-order chi connectivity index (χ0) is 13.5. The monoisotopic (exact) mass is 265 g/mol. The Kier molecular flexibility index (Phi) is 2.49. The highest BCUT2D eigenvalue weighted by Crippen LogP contribution is 2.35. The van der Waals surface area contributed by atoms with Gasteiger partial charge in [-0.25, -0.2) is 9.97 Å². The number of benzene rings is 1. The number of fused-ring (bicyclic) bond motifs is 2. The molecule has 0 bridgehead atoms. The standard InChI is InChI=1S/C16H15N3O/c1-20-14-9-11-5-2-4-10(11)8-12(14)15-18-13-6-3-7-17-16(13)19-15/h3,6-9H,2,4-5H2,1H3,(H,17,18,19). The van der Waals surface area contributed by atoms with Crippen LogP contribution in [0.5, 0.6) is 5.75 Å². The van der Waals surface area contributed by atoms with Gasteiger partial charge in [0.2, 0.25) is 0 Å². The minimum Gasteiger partial charge on any atom is -0.496 e. The molecule has 4 nitrogen and oxygen atoms in total. The summed E-state index contributed by atoms with van der Waals surface area (Å²) in [5, 5.41) is 0. The number of aryl methyl sites for hydroxylation is 2. The van der Waals surface area contributed by atoms with Gasteiger partial charge in [-0.2, -0.15) is 0 Å². The highest BCUT2D eigenvalue weighted by molar-refractivity contribution is 5.78. The van der Waals surface area contributed by atoms with Gasteiger partial charge in [0.1, 0.15) is 11.6 Å². The van der Waals surface area contributed by atoms with Crippen molar-refractivity contribution >= 4 is 11.2 Å². The first-order valence-corrected chi connectivity index (χ1v) is 6.86. The number of pyridine rings is 1. The molecular formula is C16H15N3O. The number of hydrogen-bond acceptors (Lipinski definition) is 3. The molecule has 0 saturated carbocycles. The van der Waals surface area contributed by atoms with Gasteiger partial charge in [0.15, 0.2) is 5.65 Å². The number of imidazole rings is 1.